The monoisotopic (exact) mass is 874 g/mol. The zero-order chi connectivity index (χ0) is 35.1. The Bertz CT molecular complexity index is 2400. The van der Waals surface area contributed by atoms with E-state index in [2.05, 4.69) is 116 Å². The third kappa shape index (κ3) is 6.87. The van der Waals surface area contributed by atoms with E-state index >= 15 is 0 Å². The summed E-state index contributed by atoms with van der Waals surface area (Å²) in [4.78, 5) is 9.35. The molecule has 1 radical (unpaired) electrons. The smallest absolute Gasteiger partial charge is 0.0799 e. The Morgan fingerprint density at radius 3 is 2.23 bits per heavy atom. The molecule has 265 valence electrons. The molecule has 8 aromatic rings. The molecule has 9 rings (SSSR count). The minimum Gasteiger partial charge on any atom is -0.348 e. The molecule has 5 heteroatoms. The normalized spacial score (nSPS) is 13.9. The molecule has 4 aromatic heterocycles. The zero-order valence-electron chi connectivity index (χ0n) is 31.0. The topological polar surface area (TPSA) is 30.2 Å². The molecule has 0 atom stereocenters. The summed E-state index contributed by atoms with van der Waals surface area (Å²) in [5.41, 5.74) is 11.3. The molecule has 0 bridgehead atoms. The Morgan fingerprint density at radius 1 is 0.750 bits per heavy atom. The van der Waals surface area contributed by atoms with Crippen LogP contribution in [-0.2, 0) is 26.5 Å². The predicted molar refractivity (Wildman–Crippen MR) is 219 cm³/mol. The molecule has 1 aliphatic rings. The van der Waals surface area contributed by atoms with Gasteiger partial charge in [0.1, 0.15) is 0 Å². The maximum Gasteiger partial charge on any atom is 0.0799 e. The molecule has 1 fully saturated rings. The SMILES string of the molecule is CC(C)Cc1cc(-c2[c-]c3c4cccc5c6ccccc6n(c3c(C3CCCCC3)c2)c45)ncc1[Si](C)(C)C.[Ir].[c-]1ccccc1-c1ccccn1. The van der Waals surface area contributed by atoms with Gasteiger partial charge in [0.15, 0.2) is 0 Å². The van der Waals surface area contributed by atoms with Gasteiger partial charge in [-0.3, -0.25) is 4.98 Å². The average Bonchev–Trinajstić information content (AvgIpc) is 3.67. The van der Waals surface area contributed by atoms with Crippen molar-refractivity contribution in [1.82, 2.24) is 14.4 Å². The number of fused-ring (bicyclic) bond motifs is 6. The van der Waals surface area contributed by atoms with Crippen molar-refractivity contribution in [3.8, 4) is 22.5 Å². The van der Waals surface area contributed by atoms with Crippen molar-refractivity contribution in [2.45, 2.75) is 77.9 Å². The third-order valence-electron chi connectivity index (χ3n) is 10.7. The van der Waals surface area contributed by atoms with Crippen molar-refractivity contribution in [2.24, 2.45) is 5.92 Å². The molecule has 0 amide bonds. The van der Waals surface area contributed by atoms with Crippen LogP contribution < -0.4 is 5.19 Å². The summed E-state index contributed by atoms with van der Waals surface area (Å²) in [6.45, 7) is 12.0. The zero-order valence-corrected chi connectivity index (χ0v) is 34.4. The van der Waals surface area contributed by atoms with Gasteiger partial charge in [-0.05, 0) is 59.6 Å². The van der Waals surface area contributed by atoms with Crippen molar-refractivity contribution in [3.63, 3.8) is 0 Å². The van der Waals surface area contributed by atoms with E-state index in [4.69, 9.17) is 4.98 Å². The number of hydrogen-bond acceptors (Lipinski definition) is 2. The second kappa shape index (κ2) is 15.1. The van der Waals surface area contributed by atoms with Crippen LogP contribution in [0.25, 0.3) is 60.6 Å². The van der Waals surface area contributed by atoms with Crippen LogP contribution in [0.4, 0.5) is 0 Å². The fourth-order valence-corrected chi connectivity index (χ4v) is 9.94. The fourth-order valence-electron chi connectivity index (χ4n) is 8.35. The molecule has 0 aliphatic heterocycles. The van der Waals surface area contributed by atoms with E-state index in [-0.39, 0.29) is 20.1 Å². The van der Waals surface area contributed by atoms with Gasteiger partial charge in [0.25, 0.3) is 0 Å². The first-order valence-corrected chi connectivity index (χ1v) is 22.3. The first kappa shape index (κ1) is 36.2. The quantitative estimate of drug-likeness (QED) is 0.123. The first-order chi connectivity index (χ1) is 24.8. The molecule has 0 N–H and O–H groups in total. The summed E-state index contributed by atoms with van der Waals surface area (Å²) in [6, 6.07) is 41.4. The third-order valence-corrected chi connectivity index (χ3v) is 12.7. The minimum atomic E-state index is -1.49. The number of nitrogens with zero attached hydrogens (tertiary/aromatic N) is 3. The van der Waals surface area contributed by atoms with Gasteiger partial charge < -0.3 is 9.38 Å². The average molecular weight is 874 g/mol. The van der Waals surface area contributed by atoms with Crippen LogP contribution in [0.3, 0.4) is 0 Å². The fraction of sp³-hybridized carbons (Fsp3) is 0.277. The second-order valence-corrected chi connectivity index (χ2v) is 20.9. The first-order valence-electron chi connectivity index (χ1n) is 18.8. The van der Waals surface area contributed by atoms with Gasteiger partial charge in [0.05, 0.1) is 8.07 Å². The van der Waals surface area contributed by atoms with Crippen molar-refractivity contribution in [1.29, 1.82) is 0 Å². The van der Waals surface area contributed by atoms with Gasteiger partial charge in [-0.25, -0.2) is 0 Å². The molecule has 3 nitrogen and oxygen atoms in total. The van der Waals surface area contributed by atoms with Gasteiger partial charge in [-0.15, -0.1) is 48.0 Å². The van der Waals surface area contributed by atoms with Crippen molar-refractivity contribution >= 4 is 51.4 Å². The largest absolute Gasteiger partial charge is 0.348 e. The van der Waals surface area contributed by atoms with Gasteiger partial charge in [-0.2, -0.15) is 0 Å². The molecular weight excluding hydrogens is 827 g/mol. The molecule has 0 saturated heterocycles. The van der Waals surface area contributed by atoms with Crippen LogP contribution in [0, 0.1) is 18.1 Å². The summed E-state index contributed by atoms with van der Waals surface area (Å²) in [5.74, 6) is 1.21. The number of benzene rings is 4. The molecule has 1 saturated carbocycles. The number of hydrogen-bond donors (Lipinski definition) is 0. The van der Waals surface area contributed by atoms with E-state index in [1.54, 1.807) is 6.20 Å². The Kier molecular flexibility index (Phi) is 10.5. The number of para-hydroxylation sites is 2. The summed E-state index contributed by atoms with van der Waals surface area (Å²) in [7, 11) is -1.49. The molecule has 4 heterocycles. The van der Waals surface area contributed by atoms with Crippen molar-refractivity contribution < 1.29 is 20.1 Å². The Labute approximate surface area is 323 Å². The van der Waals surface area contributed by atoms with Crippen LogP contribution in [-0.4, -0.2) is 22.4 Å². The van der Waals surface area contributed by atoms with Gasteiger partial charge in [0.2, 0.25) is 0 Å². The van der Waals surface area contributed by atoms with Gasteiger partial charge in [0, 0.05) is 60.0 Å². The predicted octanol–water partition coefficient (Wildman–Crippen LogP) is 12.0. The van der Waals surface area contributed by atoms with E-state index in [1.165, 1.54) is 86.5 Å². The van der Waals surface area contributed by atoms with Crippen LogP contribution in [0.15, 0.2) is 109 Å². The van der Waals surface area contributed by atoms with E-state index in [1.807, 2.05) is 42.5 Å². The van der Waals surface area contributed by atoms with E-state index in [0.29, 0.717) is 11.8 Å². The number of aromatic nitrogens is 3. The molecule has 0 spiro atoms. The molecule has 1 aliphatic carbocycles. The van der Waals surface area contributed by atoms with Crippen LogP contribution >= 0.6 is 0 Å². The molecular formula is C47H47IrN3Si-2. The standard InChI is InChI=1S/C36H39N2Si.C11H8N.Ir/c1-23(2)18-26-21-32(37-22-34(26)39(3,4)5)25-19-30(24-12-7-6-8-13-24)36-31(20-25)29-16-11-15-28-27-14-9-10-17-33(27)38(36)35(28)29;1-2-6-10(7-3-1)11-8-4-5-9-12-11;/h9-11,14-17,19,21-24H,6-8,12-13,18H2,1-5H3;1-6,8-9H;/q2*-1;. The number of pyridine rings is 2. The van der Waals surface area contributed by atoms with Crippen LogP contribution in [0.1, 0.15) is 63.0 Å². The maximum absolute atomic E-state index is 5.13. The summed E-state index contributed by atoms with van der Waals surface area (Å²) in [6.07, 6.45) is 11.7. The van der Waals surface area contributed by atoms with Gasteiger partial charge in [-0.1, -0.05) is 135 Å². The Hall–Kier alpha value is -4.15. The van der Waals surface area contributed by atoms with Gasteiger partial charge >= 0.3 is 0 Å². The summed E-state index contributed by atoms with van der Waals surface area (Å²) < 4.78 is 2.56. The van der Waals surface area contributed by atoms with E-state index < -0.39 is 8.07 Å². The molecule has 4 aromatic carbocycles. The molecule has 0 unspecified atom stereocenters. The molecule has 52 heavy (non-hydrogen) atoms. The van der Waals surface area contributed by atoms with Crippen LogP contribution in [0.5, 0.6) is 0 Å². The van der Waals surface area contributed by atoms with Crippen molar-refractivity contribution in [2.75, 3.05) is 0 Å². The number of rotatable bonds is 6. The van der Waals surface area contributed by atoms with Crippen molar-refractivity contribution in [3.05, 3.63) is 133 Å². The second-order valence-electron chi connectivity index (χ2n) is 15.8. The Balaban J connectivity index is 0.000000275. The summed E-state index contributed by atoms with van der Waals surface area (Å²) in [5, 5.41) is 6.78. The Morgan fingerprint density at radius 2 is 1.50 bits per heavy atom. The van der Waals surface area contributed by atoms with Crippen LogP contribution in [0.2, 0.25) is 19.6 Å². The minimum absolute atomic E-state index is 0. The van der Waals surface area contributed by atoms with E-state index in [9.17, 15) is 0 Å². The maximum atomic E-state index is 5.13. The van der Waals surface area contributed by atoms with E-state index in [0.717, 1.165) is 28.9 Å². The summed E-state index contributed by atoms with van der Waals surface area (Å²) >= 11 is 0.